The van der Waals surface area contributed by atoms with Crippen LogP contribution in [-0.2, 0) is 0 Å². The van der Waals surface area contributed by atoms with Gasteiger partial charge in [0.1, 0.15) is 11.9 Å². The van der Waals surface area contributed by atoms with Gasteiger partial charge in [-0.2, -0.15) is 5.26 Å². The first kappa shape index (κ1) is 13.2. The smallest absolute Gasteiger partial charge is 0.196 e. The summed E-state index contributed by atoms with van der Waals surface area (Å²) in [6.07, 6.45) is 4.91. The summed E-state index contributed by atoms with van der Waals surface area (Å²) in [5, 5.41) is 19.1. The average Bonchev–Trinajstić information content (AvgIpc) is 3.39. The van der Waals surface area contributed by atoms with Gasteiger partial charge in [-0.3, -0.25) is 0 Å². The van der Waals surface area contributed by atoms with E-state index in [1.54, 1.807) is 17.8 Å². The summed E-state index contributed by atoms with van der Waals surface area (Å²) >= 11 is 7.67. The fourth-order valence-electron chi connectivity index (χ4n) is 2.41. The van der Waals surface area contributed by atoms with E-state index in [-0.39, 0.29) is 0 Å². The van der Waals surface area contributed by atoms with E-state index in [1.807, 2.05) is 12.1 Å². The number of rotatable bonds is 4. The molecule has 1 aromatic carbocycles. The molecule has 0 spiro atoms. The maximum atomic E-state index is 8.93. The molecule has 2 saturated carbocycles. The number of hydrogen-bond donors (Lipinski definition) is 0. The molecule has 6 heteroatoms. The van der Waals surface area contributed by atoms with Crippen molar-refractivity contribution in [3.63, 3.8) is 0 Å². The molecule has 1 aromatic heterocycles. The summed E-state index contributed by atoms with van der Waals surface area (Å²) in [7, 11) is 0. The molecule has 0 aliphatic heterocycles. The van der Waals surface area contributed by atoms with Crippen molar-refractivity contribution < 1.29 is 0 Å². The molecule has 2 aliphatic rings. The molecular formula is C15H13ClN4S. The first-order valence-electron chi connectivity index (χ1n) is 7.08. The van der Waals surface area contributed by atoms with E-state index in [0.717, 1.165) is 15.9 Å². The second-order valence-corrected chi connectivity index (χ2v) is 7.02. The second-order valence-electron chi connectivity index (χ2n) is 5.57. The largest absolute Gasteiger partial charge is 0.302 e. The molecule has 106 valence electrons. The van der Waals surface area contributed by atoms with Crippen LogP contribution < -0.4 is 0 Å². The molecule has 4 nitrogen and oxygen atoms in total. The number of halogens is 1. The van der Waals surface area contributed by atoms with Crippen LogP contribution in [0.5, 0.6) is 0 Å². The van der Waals surface area contributed by atoms with E-state index >= 15 is 0 Å². The van der Waals surface area contributed by atoms with Crippen LogP contribution in [-0.4, -0.2) is 14.8 Å². The third-order valence-corrected chi connectivity index (χ3v) is 5.08. The van der Waals surface area contributed by atoms with Crippen LogP contribution >= 0.6 is 23.4 Å². The van der Waals surface area contributed by atoms with E-state index < -0.39 is 0 Å². The third-order valence-electron chi connectivity index (χ3n) is 3.82. The molecule has 2 aromatic rings. The number of aromatic nitrogens is 3. The van der Waals surface area contributed by atoms with Gasteiger partial charge in [0.2, 0.25) is 0 Å². The Kier molecular flexibility index (Phi) is 3.16. The van der Waals surface area contributed by atoms with Gasteiger partial charge in [0.15, 0.2) is 5.16 Å². The predicted octanol–water partition coefficient (Wildman–Crippen LogP) is 4.17. The van der Waals surface area contributed by atoms with Crippen molar-refractivity contribution in [3.8, 4) is 6.07 Å². The Morgan fingerprint density at radius 1 is 1.24 bits per heavy atom. The fraction of sp³-hybridized carbons (Fsp3) is 0.400. The van der Waals surface area contributed by atoms with Crippen LogP contribution in [0.1, 0.15) is 49.0 Å². The molecule has 21 heavy (non-hydrogen) atoms. The maximum Gasteiger partial charge on any atom is 0.196 e. The molecule has 0 atom stereocenters. The lowest BCUT2D eigenvalue weighted by atomic mass is 10.2. The minimum Gasteiger partial charge on any atom is -0.302 e. The lowest BCUT2D eigenvalue weighted by Crippen LogP contribution is -2.01. The number of nitriles is 1. The van der Waals surface area contributed by atoms with Crippen molar-refractivity contribution in [3.05, 3.63) is 34.6 Å². The highest BCUT2D eigenvalue weighted by Crippen LogP contribution is 2.46. The highest BCUT2D eigenvalue weighted by Gasteiger charge is 2.36. The zero-order valence-electron chi connectivity index (χ0n) is 11.3. The van der Waals surface area contributed by atoms with Gasteiger partial charge in [-0.05, 0) is 55.6 Å². The van der Waals surface area contributed by atoms with E-state index in [9.17, 15) is 0 Å². The van der Waals surface area contributed by atoms with Gasteiger partial charge in [0, 0.05) is 16.9 Å². The standard InChI is InChI=1S/C15H13ClN4S/c16-13-7-12(6-3-10(13)8-17)21-15-19-18-14(9-1-2-9)20(15)11-4-5-11/h3,6-7,9,11H,1-2,4-5H2. The third kappa shape index (κ3) is 2.54. The molecule has 0 radical (unpaired) electrons. The molecule has 0 unspecified atom stereocenters. The average molecular weight is 317 g/mol. The topological polar surface area (TPSA) is 54.5 Å². The zero-order valence-corrected chi connectivity index (χ0v) is 12.9. The zero-order chi connectivity index (χ0) is 14.4. The Morgan fingerprint density at radius 2 is 2.05 bits per heavy atom. The first-order chi connectivity index (χ1) is 10.3. The van der Waals surface area contributed by atoms with E-state index in [4.69, 9.17) is 16.9 Å². The van der Waals surface area contributed by atoms with Crippen LogP contribution in [0.15, 0.2) is 28.3 Å². The molecule has 0 bridgehead atoms. The summed E-state index contributed by atoms with van der Waals surface area (Å²) in [5.41, 5.74) is 0.503. The summed E-state index contributed by atoms with van der Waals surface area (Å²) in [6.45, 7) is 0. The van der Waals surface area contributed by atoms with Gasteiger partial charge >= 0.3 is 0 Å². The number of nitrogens with zero attached hydrogens (tertiary/aromatic N) is 4. The van der Waals surface area contributed by atoms with Gasteiger partial charge in [0.25, 0.3) is 0 Å². The molecule has 2 aliphatic carbocycles. The van der Waals surface area contributed by atoms with Gasteiger partial charge in [-0.1, -0.05) is 11.6 Å². The molecule has 2 fully saturated rings. The highest BCUT2D eigenvalue weighted by molar-refractivity contribution is 7.99. The minimum atomic E-state index is 0.488. The summed E-state index contributed by atoms with van der Waals surface area (Å²) in [4.78, 5) is 0.996. The summed E-state index contributed by atoms with van der Waals surface area (Å²) in [5.74, 6) is 1.76. The first-order valence-corrected chi connectivity index (χ1v) is 8.28. The molecule has 0 amide bonds. The molecule has 0 N–H and O–H groups in total. The van der Waals surface area contributed by atoms with Crippen molar-refractivity contribution in [2.45, 2.75) is 47.7 Å². The van der Waals surface area contributed by atoms with Crippen molar-refractivity contribution in [2.24, 2.45) is 0 Å². The molecular weight excluding hydrogens is 304 g/mol. The number of hydrogen-bond acceptors (Lipinski definition) is 4. The lowest BCUT2D eigenvalue weighted by Gasteiger charge is -2.08. The van der Waals surface area contributed by atoms with Crippen LogP contribution in [0.4, 0.5) is 0 Å². The quantitative estimate of drug-likeness (QED) is 0.849. The lowest BCUT2D eigenvalue weighted by molar-refractivity contribution is 0.627. The Morgan fingerprint density at radius 3 is 2.67 bits per heavy atom. The summed E-state index contributed by atoms with van der Waals surface area (Å²) in [6, 6.07) is 8.15. The minimum absolute atomic E-state index is 0.488. The van der Waals surface area contributed by atoms with Gasteiger partial charge in [-0.25, -0.2) is 0 Å². The second kappa shape index (κ2) is 5.04. The normalized spacial score (nSPS) is 17.7. The van der Waals surface area contributed by atoms with Crippen molar-refractivity contribution in [2.75, 3.05) is 0 Å². The van der Waals surface area contributed by atoms with E-state index in [2.05, 4.69) is 20.8 Å². The van der Waals surface area contributed by atoms with Crippen molar-refractivity contribution in [1.82, 2.24) is 14.8 Å². The van der Waals surface area contributed by atoms with E-state index in [1.165, 1.54) is 25.7 Å². The maximum absolute atomic E-state index is 8.93. The van der Waals surface area contributed by atoms with Gasteiger partial charge < -0.3 is 4.57 Å². The van der Waals surface area contributed by atoms with Crippen LogP contribution in [0.2, 0.25) is 5.02 Å². The van der Waals surface area contributed by atoms with Gasteiger partial charge in [0.05, 0.1) is 10.6 Å². The Balaban J connectivity index is 1.65. The van der Waals surface area contributed by atoms with E-state index in [0.29, 0.717) is 22.5 Å². The Hall–Kier alpha value is -1.51. The summed E-state index contributed by atoms with van der Waals surface area (Å²) < 4.78 is 2.31. The monoisotopic (exact) mass is 316 g/mol. The van der Waals surface area contributed by atoms with Crippen molar-refractivity contribution in [1.29, 1.82) is 5.26 Å². The SMILES string of the molecule is N#Cc1ccc(Sc2nnc(C3CC3)n2C2CC2)cc1Cl. The van der Waals surface area contributed by atoms with Crippen LogP contribution in [0.3, 0.4) is 0 Å². The Bertz CT molecular complexity index is 741. The fourth-order valence-corrected chi connectivity index (χ4v) is 3.64. The predicted molar refractivity (Wildman–Crippen MR) is 80.6 cm³/mol. The van der Waals surface area contributed by atoms with Crippen LogP contribution in [0, 0.1) is 11.3 Å². The molecule has 4 rings (SSSR count). The van der Waals surface area contributed by atoms with Crippen molar-refractivity contribution >= 4 is 23.4 Å². The van der Waals surface area contributed by atoms with Gasteiger partial charge in [-0.15, -0.1) is 10.2 Å². The van der Waals surface area contributed by atoms with Crippen LogP contribution in [0.25, 0.3) is 0 Å². The Labute approximate surface area is 132 Å². The number of benzene rings is 1. The molecule has 1 heterocycles. The molecule has 0 saturated heterocycles. The highest BCUT2D eigenvalue weighted by atomic mass is 35.5.